The third-order valence-corrected chi connectivity index (χ3v) is 3.32. The molecule has 0 saturated carbocycles. The minimum absolute atomic E-state index is 0.243. The maximum atomic E-state index is 10.6. The van der Waals surface area contributed by atoms with Crippen LogP contribution in [0.15, 0.2) is 17.7 Å². The van der Waals surface area contributed by atoms with Crippen molar-refractivity contribution in [1.82, 2.24) is 19.9 Å². The lowest BCUT2D eigenvalue weighted by molar-refractivity contribution is -0.118. The summed E-state index contributed by atoms with van der Waals surface area (Å²) < 4.78 is 0. The summed E-state index contributed by atoms with van der Waals surface area (Å²) in [4.78, 5) is 25.9. The van der Waals surface area contributed by atoms with E-state index in [1.54, 1.807) is 18.1 Å². The van der Waals surface area contributed by atoms with Gasteiger partial charge < -0.3 is 10.7 Å². The summed E-state index contributed by atoms with van der Waals surface area (Å²) >= 11 is 1.63. The molecular formula is C10H13N5OS. The molecule has 0 aliphatic rings. The molecule has 1 amide bonds. The predicted molar refractivity (Wildman–Crippen MR) is 65.5 cm³/mol. The van der Waals surface area contributed by atoms with Crippen molar-refractivity contribution < 1.29 is 4.79 Å². The summed E-state index contributed by atoms with van der Waals surface area (Å²) in [5, 5.41) is 0.895. The van der Waals surface area contributed by atoms with Gasteiger partial charge in [-0.05, 0) is 18.6 Å². The average molecular weight is 251 g/mol. The van der Waals surface area contributed by atoms with Gasteiger partial charge in [0.25, 0.3) is 0 Å². The molecule has 0 aliphatic carbocycles. The van der Waals surface area contributed by atoms with Gasteiger partial charge >= 0.3 is 0 Å². The Labute approximate surface area is 102 Å². The van der Waals surface area contributed by atoms with Gasteiger partial charge in [0.05, 0.1) is 6.33 Å². The van der Waals surface area contributed by atoms with E-state index in [-0.39, 0.29) is 5.91 Å². The zero-order valence-electron chi connectivity index (χ0n) is 9.22. The molecule has 2 aromatic heterocycles. The molecule has 0 unspecified atom stereocenters. The zero-order chi connectivity index (χ0) is 12.1. The first-order chi connectivity index (χ1) is 8.27. The van der Waals surface area contributed by atoms with Crippen LogP contribution in [0.1, 0.15) is 19.3 Å². The van der Waals surface area contributed by atoms with E-state index in [1.807, 2.05) is 0 Å². The minimum atomic E-state index is -0.243. The van der Waals surface area contributed by atoms with Gasteiger partial charge in [-0.1, -0.05) is 0 Å². The number of amides is 1. The molecule has 2 aromatic rings. The van der Waals surface area contributed by atoms with Crippen LogP contribution in [0.2, 0.25) is 0 Å². The molecule has 0 saturated heterocycles. The monoisotopic (exact) mass is 251 g/mol. The van der Waals surface area contributed by atoms with Gasteiger partial charge in [-0.15, -0.1) is 11.8 Å². The first-order valence-electron chi connectivity index (χ1n) is 5.32. The SMILES string of the molecule is NC(=O)CCCCSc1ncnc2nc[nH]c12. The highest BCUT2D eigenvalue weighted by Crippen LogP contribution is 2.22. The lowest BCUT2D eigenvalue weighted by atomic mass is 10.2. The van der Waals surface area contributed by atoms with Crippen LogP contribution in [0, 0.1) is 0 Å². The number of nitrogens with two attached hydrogens (primary N) is 1. The second-order valence-corrected chi connectivity index (χ2v) is 4.64. The molecule has 6 nitrogen and oxygen atoms in total. The van der Waals surface area contributed by atoms with E-state index in [2.05, 4.69) is 19.9 Å². The number of rotatable bonds is 6. The van der Waals surface area contributed by atoms with Crippen LogP contribution in [-0.4, -0.2) is 31.6 Å². The number of carbonyl (C=O) groups excluding carboxylic acids is 1. The Morgan fingerprint density at radius 3 is 3.06 bits per heavy atom. The first kappa shape index (κ1) is 11.8. The fraction of sp³-hybridized carbons (Fsp3) is 0.400. The number of carbonyl (C=O) groups is 1. The molecule has 7 heteroatoms. The third-order valence-electron chi connectivity index (χ3n) is 2.24. The summed E-state index contributed by atoms with van der Waals surface area (Å²) in [5.41, 5.74) is 6.61. The van der Waals surface area contributed by atoms with Crippen LogP contribution in [0.4, 0.5) is 0 Å². The number of nitrogens with one attached hydrogen (secondary N) is 1. The number of H-pyrrole nitrogens is 1. The molecule has 0 fully saturated rings. The van der Waals surface area contributed by atoms with Crippen LogP contribution in [0.3, 0.4) is 0 Å². The summed E-state index contributed by atoms with van der Waals surface area (Å²) in [7, 11) is 0. The molecule has 2 heterocycles. The molecule has 0 aromatic carbocycles. The molecule has 0 atom stereocenters. The number of imidazole rings is 1. The van der Waals surface area contributed by atoms with Gasteiger partial charge in [-0.2, -0.15) is 0 Å². The number of aromatic amines is 1. The fourth-order valence-electron chi connectivity index (χ4n) is 1.42. The van der Waals surface area contributed by atoms with Crippen molar-refractivity contribution >= 4 is 28.8 Å². The highest BCUT2D eigenvalue weighted by atomic mass is 32.2. The smallest absolute Gasteiger partial charge is 0.217 e. The fourth-order valence-corrected chi connectivity index (χ4v) is 2.38. The molecule has 90 valence electrons. The van der Waals surface area contributed by atoms with Crippen LogP contribution >= 0.6 is 11.8 Å². The van der Waals surface area contributed by atoms with E-state index in [9.17, 15) is 4.79 Å². The van der Waals surface area contributed by atoms with E-state index in [1.165, 1.54) is 6.33 Å². The first-order valence-corrected chi connectivity index (χ1v) is 6.31. The molecule has 0 spiro atoms. The van der Waals surface area contributed by atoms with Crippen molar-refractivity contribution in [1.29, 1.82) is 0 Å². The highest BCUT2D eigenvalue weighted by molar-refractivity contribution is 7.99. The van der Waals surface area contributed by atoms with Gasteiger partial charge in [0.2, 0.25) is 5.91 Å². The van der Waals surface area contributed by atoms with Crippen molar-refractivity contribution in [3.8, 4) is 0 Å². The second kappa shape index (κ2) is 5.62. The van der Waals surface area contributed by atoms with Crippen LogP contribution < -0.4 is 5.73 Å². The van der Waals surface area contributed by atoms with Crippen molar-refractivity contribution in [2.24, 2.45) is 5.73 Å². The lowest BCUT2D eigenvalue weighted by Crippen LogP contribution is -2.09. The van der Waals surface area contributed by atoms with Crippen molar-refractivity contribution in [2.75, 3.05) is 5.75 Å². The summed E-state index contributed by atoms with van der Waals surface area (Å²) in [5.74, 6) is 0.659. The molecule has 0 aliphatic heterocycles. The Hall–Kier alpha value is -1.63. The number of hydrogen-bond acceptors (Lipinski definition) is 5. The largest absolute Gasteiger partial charge is 0.370 e. The number of primary amides is 1. The number of hydrogen-bond donors (Lipinski definition) is 2. The van der Waals surface area contributed by atoms with Crippen LogP contribution in [-0.2, 0) is 4.79 Å². The molecule has 17 heavy (non-hydrogen) atoms. The Morgan fingerprint density at radius 2 is 2.24 bits per heavy atom. The minimum Gasteiger partial charge on any atom is -0.370 e. The highest BCUT2D eigenvalue weighted by Gasteiger charge is 2.05. The number of fused-ring (bicyclic) bond motifs is 1. The van der Waals surface area contributed by atoms with Gasteiger partial charge in [-0.3, -0.25) is 4.79 Å². The van der Waals surface area contributed by atoms with Crippen LogP contribution in [0.25, 0.3) is 11.2 Å². The maximum Gasteiger partial charge on any atom is 0.217 e. The second-order valence-electron chi connectivity index (χ2n) is 3.55. The Bertz CT molecular complexity index is 512. The van der Waals surface area contributed by atoms with E-state index in [0.29, 0.717) is 12.1 Å². The van der Waals surface area contributed by atoms with Gasteiger partial charge in [0.15, 0.2) is 5.65 Å². The summed E-state index contributed by atoms with van der Waals surface area (Å²) in [6.07, 6.45) is 5.32. The van der Waals surface area contributed by atoms with Crippen LogP contribution in [0.5, 0.6) is 0 Å². The van der Waals surface area contributed by atoms with Gasteiger partial charge in [0.1, 0.15) is 16.9 Å². The number of aromatic nitrogens is 4. The zero-order valence-corrected chi connectivity index (χ0v) is 10.0. The van der Waals surface area contributed by atoms with Crippen molar-refractivity contribution in [3.05, 3.63) is 12.7 Å². The predicted octanol–water partition coefficient (Wildman–Crippen LogP) is 1.10. The standard InChI is InChI=1S/C10H13N5OS/c11-7(16)3-1-2-4-17-10-8-9(13-5-12-8)14-6-15-10/h5-6H,1-4H2,(H2,11,16)(H,12,13,14,15). The molecular weight excluding hydrogens is 238 g/mol. The lowest BCUT2D eigenvalue weighted by Gasteiger charge is -2.00. The molecule has 0 radical (unpaired) electrons. The Balaban J connectivity index is 1.86. The maximum absolute atomic E-state index is 10.6. The van der Waals surface area contributed by atoms with E-state index >= 15 is 0 Å². The van der Waals surface area contributed by atoms with Crippen molar-refractivity contribution in [3.63, 3.8) is 0 Å². The van der Waals surface area contributed by atoms with Gasteiger partial charge in [-0.25, -0.2) is 15.0 Å². The molecule has 3 N–H and O–H groups in total. The average Bonchev–Trinajstić information content (AvgIpc) is 2.77. The Morgan fingerprint density at radius 1 is 1.35 bits per heavy atom. The van der Waals surface area contributed by atoms with Gasteiger partial charge in [0, 0.05) is 6.42 Å². The quantitative estimate of drug-likeness (QED) is 0.455. The number of thioether (sulfide) groups is 1. The molecule has 0 bridgehead atoms. The van der Waals surface area contributed by atoms with E-state index < -0.39 is 0 Å². The Kier molecular flexibility index (Phi) is 3.92. The summed E-state index contributed by atoms with van der Waals surface area (Å²) in [6, 6.07) is 0. The number of unbranched alkanes of at least 4 members (excludes halogenated alkanes) is 1. The van der Waals surface area contributed by atoms with E-state index in [0.717, 1.165) is 29.1 Å². The third kappa shape index (κ3) is 3.16. The van der Waals surface area contributed by atoms with E-state index in [4.69, 9.17) is 5.73 Å². The summed E-state index contributed by atoms with van der Waals surface area (Å²) in [6.45, 7) is 0. The normalized spacial score (nSPS) is 10.8. The number of nitrogens with zero attached hydrogens (tertiary/aromatic N) is 3. The topological polar surface area (TPSA) is 97.6 Å². The molecule has 2 rings (SSSR count). The van der Waals surface area contributed by atoms with Crippen molar-refractivity contribution in [2.45, 2.75) is 24.3 Å².